The fourth-order valence-electron chi connectivity index (χ4n) is 3.15. The fraction of sp³-hybridized carbons (Fsp3) is 1.00. The molecule has 0 rings (SSSR count). The molecule has 0 radical (unpaired) electrons. The Morgan fingerprint density at radius 3 is 1.50 bits per heavy atom. The normalized spacial score (nSPS) is 12.6. The molecule has 1 N–H and O–H groups in total. The van der Waals surface area contributed by atoms with Gasteiger partial charge in [-0.3, -0.25) is 0 Å². The minimum absolute atomic E-state index is 0.251. The van der Waals surface area contributed by atoms with E-state index in [1.807, 2.05) is 0 Å². The lowest BCUT2D eigenvalue weighted by atomic mass is 10.0. The summed E-state index contributed by atoms with van der Waals surface area (Å²) < 4.78 is 5.59. The predicted octanol–water partition coefficient (Wildman–Crippen LogP) is 7.04. The van der Waals surface area contributed by atoms with Crippen molar-refractivity contribution in [3.05, 3.63) is 0 Å². The number of hydrogen-bond donors (Lipinski definition) is 1. The summed E-state index contributed by atoms with van der Waals surface area (Å²) in [5.41, 5.74) is 0. The zero-order valence-electron chi connectivity index (χ0n) is 16.9. The Morgan fingerprint density at radius 2 is 1.00 bits per heavy atom. The number of aliphatic hydroxyl groups is 1. The molecule has 0 aromatic heterocycles. The van der Waals surface area contributed by atoms with Crippen LogP contribution in [-0.4, -0.2) is 24.4 Å². The molecule has 24 heavy (non-hydrogen) atoms. The lowest BCUT2D eigenvalue weighted by molar-refractivity contribution is 0.0297. The van der Waals surface area contributed by atoms with Gasteiger partial charge in [-0.25, -0.2) is 0 Å². The minimum Gasteiger partial charge on any atom is -0.391 e. The smallest absolute Gasteiger partial charge is 0.0773 e. The van der Waals surface area contributed by atoms with Gasteiger partial charge in [-0.2, -0.15) is 0 Å². The van der Waals surface area contributed by atoms with Gasteiger partial charge in [0.25, 0.3) is 0 Å². The van der Waals surface area contributed by atoms with Crippen molar-refractivity contribution in [3.63, 3.8) is 0 Å². The first-order chi connectivity index (χ1) is 11.8. The van der Waals surface area contributed by atoms with Crippen LogP contribution in [0.3, 0.4) is 0 Å². The molecule has 1 unspecified atom stereocenters. The Hall–Kier alpha value is -0.0800. The number of hydrogen-bond acceptors (Lipinski definition) is 2. The summed E-state index contributed by atoms with van der Waals surface area (Å²) in [6, 6.07) is 0. The predicted molar refractivity (Wildman–Crippen MR) is 107 cm³/mol. The molecule has 0 spiro atoms. The molecule has 0 bridgehead atoms. The molecule has 0 heterocycles. The van der Waals surface area contributed by atoms with E-state index in [1.165, 1.54) is 89.9 Å². The molecule has 2 heteroatoms. The molecule has 1 atom stereocenters. The van der Waals surface area contributed by atoms with Crippen LogP contribution < -0.4 is 0 Å². The lowest BCUT2D eigenvalue weighted by Crippen LogP contribution is -2.15. The average Bonchev–Trinajstić information content (AvgIpc) is 2.59. The summed E-state index contributed by atoms with van der Waals surface area (Å²) in [6.07, 6.45) is 21.9. The maximum atomic E-state index is 9.92. The van der Waals surface area contributed by atoms with Crippen LogP contribution in [0.15, 0.2) is 0 Å². The van der Waals surface area contributed by atoms with Gasteiger partial charge in [0.1, 0.15) is 0 Å². The fourth-order valence-corrected chi connectivity index (χ4v) is 3.15. The van der Waals surface area contributed by atoms with Crippen molar-refractivity contribution >= 4 is 0 Å². The molecule has 0 aromatic rings. The standard InChI is InChI=1S/C22H46O2/c1-3-5-7-9-11-12-13-14-15-17-19-22(23)21-24-20-18-16-10-8-6-4-2/h22-23H,3-21H2,1-2H3. The van der Waals surface area contributed by atoms with Crippen molar-refractivity contribution in [2.45, 2.75) is 129 Å². The van der Waals surface area contributed by atoms with Gasteiger partial charge >= 0.3 is 0 Å². The first-order valence-corrected chi connectivity index (χ1v) is 11.1. The molecule has 0 amide bonds. The van der Waals surface area contributed by atoms with Crippen LogP contribution in [0.1, 0.15) is 123 Å². The van der Waals surface area contributed by atoms with Crippen LogP contribution in [0.2, 0.25) is 0 Å². The highest BCUT2D eigenvalue weighted by molar-refractivity contribution is 4.55. The van der Waals surface area contributed by atoms with Crippen molar-refractivity contribution < 1.29 is 9.84 Å². The van der Waals surface area contributed by atoms with Crippen molar-refractivity contribution in [3.8, 4) is 0 Å². The second kappa shape index (κ2) is 21.0. The maximum Gasteiger partial charge on any atom is 0.0773 e. The monoisotopic (exact) mass is 342 g/mol. The van der Waals surface area contributed by atoms with Crippen LogP contribution in [0.4, 0.5) is 0 Å². The SMILES string of the molecule is CCCCCCCCCCCCC(O)COCCCCCCCC. The third kappa shape index (κ3) is 20.0. The van der Waals surface area contributed by atoms with Crippen molar-refractivity contribution in [2.75, 3.05) is 13.2 Å². The Balaban J connectivity index is 3.11. The first-order valence-electron chi connectivity index (χ1n) is 11.1. The lowest BCUT2D eigenvalue weighted by Gasteiger charge is -2.11. The van der Waals surface area contributed by atoms with Gasteiger partial charge in [-0.15, -0.1) is 0 Å². The highest BCUT2D eigenvalue weighted by Crippen LogP contribution is 2.12. The van der Waals surface area contributed by atoms with Crippen molar-refractivity contribution in [2.24, 2.45) is 0 Å². The van der Waals surface area contributed by atoms with Crippen LogP contribution >= 0.6 is 0 Å². The van der Waals surface area contributed by atoms with Crippen LogP contribution in [0, 0.1) is 0 Å². The number of unbranched alkanes of at least 4 members (excludes halogenated alkanes) is 14. The molecule has 0 saturated carbocycles. The molecular weight excluding hydrogens is 296 g/mol. The van der Waals surface area contributed by atoms with Gasteiger partial charge < -0.3 is 9.84 Å². The molecule has 0 saturated heterocycles. The topological polar surface area (TPSA) is 29.5 Å². The summed E-state index contributed by atoms with van der Waals surface area (Å²) in [4.78, 5) is 0. The summed E-state index contributed by atoms with van der Waals surface area (Å²) in [5.74, 6) is 0. The zero-order valence-corrected chi connectivity index (χ0v) is 16.9. The largest absolute Gasteiger partial charge is 0.391 e. The van der Waals surface area contributed by atoms with Gasteiger partial charge in [-0.05, 0) is 12.8 Å². The minimum atomic E-state index is -0.251. The van der Waals surface area contributed by atoms with Crippen LogP contribution in [0.25, 0.3) is 0 Å². The van der Waals surface area contributed by atoms with E-state index in [9.17, 15) is 5.11 Å². The van der Waals surface area contributed by atoms with Crippen molar-refractivity contribution in [1.82, 2.24) is 0 Å². The van der Waals surface area contributed by atoms with E-state index in [1.54, 1.807) is 0 Å². The molecule has 146 valence electrons. The van der Waals surface area contributed by atoms with Crippen LogP contribution in [-0.2, 0) is 4.74 Å². The first kappa shape index (κ1) is 23.9. The van der Waals surface area contributed by atoms with E-state index in [0.717, 1.165) is 25.9 Å². The van der Waals surface area contributed by atoms with E-state index in [4.69, 9.17) is 4.74 Å². The highest BCUT2D eigenvalue weighted by Gasteiger charge is 2.04. The maximum absolute atomic E-state index is 9.92. The van der Waals surface area contributed by atoms with Gasteiger partial charge in [0.05, 0.1) is 12.7 Å². The molecular formula is C22H46O2. The third-order valence-corrected chi connectivity index (χ3v) is 4.84. The van der Waals surface area contributed by atoms with Gasteiger partial charge in [0.15, 0.2) is 0 Å². The average molecular weight is 343 g/mol. The third-order valence-electron chi connectivity index (χ3n) is 4.84. The molecule has 0 aliphatic carbocycles. The van der Waals surface area contributed by atoms with Crippen molar-refractivity contribution in [1.29, 1.82) is 0 Å². The Kier molecular flexibility index (Phi) is 20.9. The molecule has 0 aliphatic rings. The summed E-state index contributed by atoms with van der Waals surface area (Å²) in [5, 5.41) is 9.92. The molecule has 2 nitrogen and oxygen atoms in total. The number of ether oxygens (including phenoxy) is 1. The summed E-state index contributed by atoms with van der Waals surface area (Å²) in [7, 11) is 0. The van der Waals surface area contributed by atoms with Gasteiger partial charge in [0, 0.05) is 6.61 Å². The van der Waals surface area contributed by atoms with E-state index < -0.39 is 0 Å². The van der Waals surface area contributed by atoms with Gasteiger partial charge in [-0.1, -0.05) is 110 Å². The molecule has 0 aliphatic heterocycles. The van der Waals surface area contributed by atoms with E-state index in [-0.39, 0.29) is 6.10 Å². The second-order valence-electron chi connectivity index (χ2n) is 7.47. The quantitative estimate of drug-likeness (QED) is 0.240. The van der Waals surface area contributed by atoms with E-state index >= 15 is 0 Å². The summed E-state index contributed by atoms with van der Waals surface area (Å²) in [6.45, 7) is 5.88. The van der Waals surface area contributed by atoms with Crippen LogP contribution in [0.5, 0.6) is 0 Å². The summed E-state index contributed by atoms with van der Waals surface area (Å²) >= 11 is 0. The Labute approximate surface area is 152 Å². The number of rotatable bonds is 20. The highest BCUT2D eigenvalue weighted by atomic mass is 16.5. The number of aliphatic hydroxyl groups excluding tert-OH is 1. The van der Waals surface area contributed by atoms with Gasteiger partial charge in [0.2, 0.25) is 0 Å². The van der Waals surface area contributed by atoms with E-state index in [0.29, 0.717) is 6.61 Å². The zero-order chi connectivity index (χ0) is 17.7. The molecule has 0 fully saturated rings. The molecule has 0 aromatic carbocycles. The van der Waals surface area contributed by atoms with E-state index in [2.05, 4.69) is 13.8 Å². The Morgan fingerprint density at radius 1 is 0.583 bits per heavy atom. The second-order valence-corrected chi connectivity index (χ2v) is 7.47. The Bertz CT molecular complexity index is 218.